The minimum atomic E-state index is -0.506. The van der Waals surface area contributed by atoms with Gasteiger partial charge in [-0.05, 0) is 22.9 Å². The number of carbonyl (C=O) groups excluding carboxylic acids is 1. The van der Waals surface area contributed by atoms with Gasteiger partial charge >= 0.3 is 5.97 Å². The van der Waals surface area contributed by atoms with Gasteiger partial charge in [0, 0.05) is 0 Å². The maximum absolute atomic E-state index is 11.3. The van der Waals surface area contributed by atoms with Crippen LogP contribution in [-0.4, -0.2) is 32.5 Å². The van der Waals surface area contributed by atoms with E-state index in [9.17, 15) is 4.79 Å². The summed E-state index contributed by atoms with van der Waals surface area (Å²) in [5.74, 6) is -0.390. The first kappa shape index (κ1) is 10.0. The summed E-state index contributed by atoms with van der Waals surface area (Å²) in [5, 5.41) is 0. The van der Waals surface area contributed by atoms with Crippen molar-refractivity contribution < 1.29 is 9.53 Å². The fraction of sp³-hybridized carbons (Fsp3) is 0.250. The summed E-state index contributed by atoms with van der Waals surface area (Å²) in [6.07, 6.45) is 1.51. The van der Waals surface area contributed by atoms with Gasteiger partial charge in [-0.15, -0.1) is 0 Å². The maximum Gasteiger partial charge on any atom is 0.374 e. The zero-order chi connectivity index (χ0) is 10.8. The Labute approximate surface area is 93.2 Å². The number of esters is 1. The molecule has 2 heterocycles. The molecule has 15 heavy (non-hydrogen) atoms. The quantitative estimate of drug-likeness (QED) is 0.832. The summed E-state index contributed by atoms with van der Waals surface area (Å²) in [6, 6.07) is 0. The molecular weight excluding hydrogens is 264 g/mol. The minimum Gasteiger partial charge on any atom is -0.460 e. The van der Waals surface area contributed by atoms with Gasteiger partial charge in [0.15, 0.2) is 11.3 Å². The Bertz CT molecular complexity index is 510. The van der Waals surface area contributed by atoms with Crippen molar-refractivity contribution in [3.05, 3.63) is 16.6 Å². The number of nitrogens with one attached hydrogen (secondary N) is 1. The molecule has 0 amide bonds. The second-order valence-corrected chi connectivity index (χ2v) is 3.48. The number of imidazole rings is 1. The van der Waals surface area contributed by atoms with Crippen LogP contribution in [0.15, 0.2) is 10.8 Å². The molecule has 0 aliphatic heterocycles. The van der Waals surface area contributed by atoms with Crippen molar-refractivity contribution in [2.24, 2.45) is 0 Å². The van der Waals surface area contributed by atoms with Gasteiger partial charge in [0.05, 0.1) is 12.8 Å². The predicted molar refractivity (Wildman–Crippen MR) is 55.3 cm³/mol. The Morgan fingerprint density at radius 2 is 2.40 bits per heavy atom. The molecule has 1 N–H and O–H groups in total. The summed E-state index contributed by atoms with van der Waals surface area (Å²) in [6.45, 7) is 2.04. The van der Waals surface area contributed by atoms with E-state index in [-0.39, 0.29) is 5.82 Å². The van der Waals surface area contributed by atoms with Crippen LogP contribution in [0.25, 0.3) is 11.3 Å². The van der Waals surface area contributed by atoms with E-state index in [0.717, 1.165) is 0 Å². The Kier molecular flexibility index (Phi) is 2.63. The first-order chi connectivity index (χ1) is 7.20. The lowest BCUT2D eigenvalue weighted by atomic mass is 10.6. The molecule has 2 aromatic rings. The summed E-state index contributed by atoms with van der Waals surface area (Å²) in [4.78, 5) is 26.0. The molecule has 0 saturated carbocycles. The molecular formula is C8H7BrN4O2. The molecule has 0 aliphatic rings. The third-order valence-electron chi connectivity index (χ3n) is 1.65. The molecule has 78 valence electrons. The van der Waals surface area contributed by atoms with E-state index in [4.69, 9.17) is 4.74 Å². The van der Waals surface area contributed by atoms with Crippen molar-refractivity contribution >= 4 is 33.2 Å². The third-order valence-corrected chi connectivity index (χ3v) is 2.03. The molecule has 2 aromatic heterocycles. The molecule has 0 radical (unpaired) electrons. The number of aromatic nitrogens is 4. The fourth-order valence-corrected chi connectivity index (χ4v) is 1.35. The standard InChI is InChI=1S/C8H7BrN4O2/c1-2-15-8(14)7-12-5-6(13-7)11-4(9)3-10-5/h3H,2H2,1H3,(H,10,11,12,13). The molecule has 0 saturated heterocycles. The van der Waals surface area contributed by atoms with Gasteiger partial charge in [0.25, 0.3) is 0 Å². The fourth-order valence-electron chi connectivity index (χ4n) is 1.07. The number of carbonyl (C=O) groups is 1. The minimum absolute atomic E-state index is 0.116. The van der Waals surface area contributed by atoms with Gasteiger partial charge in [-0.1, -0.05) is 0 Å². The van der Waals surface area contributed by atoms with Crippen LogP contribution < -0.4 is 0 Å². The second kappa shape index (κ2) is 3.93. The highest BCUT2D eigenvalue weighted by Gasteiger charge is 2.13. The number of rotatable bonds is 2. The van der Waals surface area contributed by atoms with E-state index < -0.39 is 5.97 Å². The number of hydrogen-bond acceptors (Lipinski definition) is 5. The van der Waals surface area contributed by atoms with Crippen molar-refractivity contribution in [3.63, 3.8) is 0 Å². The molecule has 0 aliphatic carbocycles. The topological polar surface area (TPSA) is 80.8 Å². The van der Waals surface area contributed by atoms with E-state index >= 15 is 0 Å². The van der Waals surface area contributed by atoms with Crippen LogP contribution >= 0.6 is 15.9 Å². The SMILES string of the molecule is CCOC(=O)c1nc2ncc(Br)nc2[nH]1. The second-order valence-electron chi connectivity index (χ2n) is 2.67. The largest absolute Gasteiger partial charge is 0.460 e. The van der Waals surface area contributed by atoms with Gasteiger partial charge in [0.1, 0.15) is 4.60 Å². The van der Waals surface area contributed by atoms with Crippen molar-refractivity contribution in [1.82, 2.24) is 19.9 Å². The highest BCUT2D eigenvalue weighted by Crippen LogP contribution is 2.10. The zero-order valence-electron chi connectivity index (χ0n) is 7.82. The Hall–Kier alpha value is -1.50. The van der Waals surface area contributed by atoms with Gasteiger partial charge in [-0.2, -0.15) is 0 Å². The van der Waals surface area contributed by atoms with Crippen molar-refractivity contribution in [2.75, 3.05) is 6.61 Å². The molecule has 7 heteroatoms. The lowest BCUT2D eigenvalue weighted by molar-refractivity contribution is 0.0513. The molecule has 0 spiro atoms. The number of hydrogen-bond donors (Lipinski definition) is 1. The predicted octanol–water partition coefficient (Wildman–Crippen LogP) is 1.29. The van der Waals surface area contributed by atoms with E-state index in [2.05, 4.69) is 35.9 Å². The molecule has 0 aromatic carbocycles. The summed E-state index contributed by atoms with van der Waals surface area (Å²) < 4.78 is 5.37. The smallest absolute Gasteiger partial charge is 0.374 e. The summed E-state index contributed by atoms with van der Waals surface area (Å²) >= 11 is 3.17. The van der Waals surface area contributed by atoms with Gasteiger partial charge in [0.2, 0.25) is 5.82 Å². The Balaban J connectivity index is 2.42. The number of aromatic amines is 1. The number of halogens is 1. The van der Waals surface area contributed by atoms with E-state index in [0.29, 0.717) is 22.5 Å². The van der Waals surface area contributed by atoms with Crippen molar-refractivity contribution in [2.45, 2.75) is 6.92 Å². The van der Waals surface area contributed by atoms with Crippen LogP contribution in [0.1, 0.15) is 17.5 Å². The summed E-state index contributed by atoms with van der Waals surface area (Å²) in [7, 11) is 0. The van der Waals surface area contributed by atoms with Crippen molar-refractivity contribution in [3.8, 4) is 0 Å². The molecule has 0 fully saturated rings. The first-order valence-electron chi connectivity index (χ1n) is 4.26. The van der Waals surface area contributed by atoms with Crippen LogP contribution in [0.3, 0.4) is 0 Å². The van der Waals surface area contributed by atoms with Crippen LogP contribution in [0, 0.1) is 0 Å². The highest BCUT2D eigenvalue weighted by atomic mass is 79.9. The third kappa shape index (κ3) is 1.96. The van der Waals surface area contributed by atoms with E-state index in [1.54, 1.807) is 6.92 Å². The van der Waals surface area contributed by atoms with Crippen LogP contribution in [0.2, 0.25) is 0 Å². The van der Waals surface area contributed by atoms with E-state index in [1.807, 2.05) is 0 Å². The van der Waals surface area contributed by atoms with Crippen LogP contribution in [0.4, 0.5) is 0 Å². The lowest BCUT2D eigenvalue weighted by Gasteiger charge is -1.95. The van der Waals surface area contributed by atoms with Crippen molar-refractivity contribution in [1.29, 1.82) is 0 Å². The van der Waals surface area contributed by atoms with Gasteiger partial charge in [-0.25, -0.2) is 19.7 Å². The molecule has 0 atom stereocenters. The molecule has 0 unspecified atom stereocenters. The Morgan fingerprint density at radius 3 is 3.13 bits per heavy atom. The van der Waals surface area contributed by atoms with Gasteiger partial charge in [-0.3, -0.25) is 0 Å². The van der Waals surface area contributed by atoms with Crippen LogP contribution in [-0.2, 0) is 4.74 Å². The normalized spacial score (nSPS) is 10.5. The number of fused-ring (bicyclic) bond motifs is 1. The van der Waals surface area contributed by atoms with E-state index in [1.165, 1.54) is 6.20 Å². The first-order valence-corrected chi connectivity index (χ1v) is 5.05. The van der Waals surface area contributed by atoms with Crippen LogP contribution in [0.5, 0.6) is 0 Å². The van der Waals surface area contributed by atoms with Gasteiger partial charge < -0.3 is 9.72 Å². The lowest BCUT2D eigenvalue weighted by Crippen LogP contribution is -2.06. The number of nitrogens with zero attached hydrogens (tertiary/aromatic N) is 3. The molecule has 2 rings (SSSR count). The molecule has 6 nitrogen and oxygen atoms in total. The zero-order valence-corrected chi connectivity index (χ0v) is 9.41. The number of H-pyrrole nitrogens is 1. The monoisotopic (exact) mass is 270 g/mol. The Morgan fingerprint density at radius 1 is 1.60 bits per heavy atom. The number of ether oxygens (including phenoxy) is 1. The average molecular weight is 271 g/mol. The summed E-state index contributed by atoms with van der Waals surface area (Å²) in [5.41, 5.74) is 0.841. The average Bonchev–Trinajstić information content (AvgIpc) is 2.60. The highest BCUT2D eigenvalue weighted by molar-refractivity contribution is 9.10. The molecule has 0 bridgehead atoms. The maximum atomic E-state index is 11.3.